The molecule has 136 valence electrons. The lowest BCUT2D eigenvalue weighted by Gasteiger charge is -2.05. The van der Waals surface area contributed by atoms with E-state index in [0.717, 1.165) is 12.1 Å². The summed E-state index contributed by atoms with van der Waals surface area (Å²) < 4.78 is 0.676. The fourth-order valence-electron chi connectivity index (χ4n) is 2.05. The van der Waals surface area contributed by atoms with Crippen LogP contribution in [0.15, 0.2) is 46.4 Å². The Morgan fingerprint density at radius 1 is 1.22 bits per heavy atom. The number of aromatic hydroxyl groups is 1. The van der Waals surface area contributed by atoms with Crippen LogP contribution in [0.25, 0.3) is 6.08 Å². The van der Waals surface area contributed by atoms with Crippen molar-refractivity contribution >= 4 is 45.0 Å². The molecule has 0 atom stereocenters. The molecule has 1 amide bonds. The van der Waals surface area contributed by atoms with Crippen molar-refractivity contribution in [3.8, 4) is 11.8 Å². The number of nitrogens with one attached hydrogen (secondary N) is 1. The van der Waals surface area contributed by atoms with Crippen molar-refractivity contribution in [3.05, 3.63) is 72.2 Å². The summed E-state index contributed by atoms with van der Waals surface area (Å²) >= 11 is 3.22. The van der Waals surface area contributed by atoms with Gasteiger partial charge in [-0.3, -0.25) is 25.0 Å². The molecule has 0 aliphatic heterocycles. The molecule has 2 rings (SSSR count). The number of carbonyl (C=O) groups excluding carboxylic acids is 1. The highest BCUT2D eigenvalue weighted by molar-refractivity contribution is 9.10. The van der Waals surface area contributed by atoms with Gasteiger partial charge in [0.25, 0.3) is 11.6 Å². The van der Waals surface area contributed by atoms with Gasteiger partial charge in [-0.15, -0.1) is 0 Å². The third-order valence-corrected chi connectivity index (χ3v) is 3.75. The van der Waals surface area contributed by atoms with E-state index in [1.54, 1.807) is 30.3 Å². The molecular weight excluding hydrogens is 424 g/mol. The summed E-state index contributed by atoms with van der Waals surface area (Å²) in [4.78, 5) is 32.2. The number of amides is 1. The largest absolute Gasteiger partial charge is 0.502 e. The first kappa shape index (κ1) is 19.5. The van der Waals surface area contributed by atoms with Gasteiger partial charge in [0.15, 0.2) is 0 Å². The molecular formula is C16H9BrN4O6. The predicted octanol–water partition coefficient (Wildman–Crippen LogP) is 3.52. The number of carbonyl (C=O) groups is 1. The van der Waals surface area contributed by atoms with E-state index in [1.165, 1.54) is 0 Å². The van der Waals surface area contributed by atoms with Gasteiger partial charge in [-0.2, -0.15) is 5.26 Å². The highest BCUT2D eigenvalue weighted by Crippen LogP contribution is 2.35. The Labute approximate surface area is 159 Å². The second-order valence-electron chi connectivity index (χ2n) is 5.05. The molecule has 0 unspecified atom stereocenters. The molecule has 27 heavy (non-hydrogen) atoms. The van der Waals surface area contributed by atoms with Crippen LogP contribution in [0.5, 0.6) is 5.75 Å². The molecule has 0 saturated heterocycles. The number of nitro groups is 2. The highest BCUT2D eigenvalue weighted by Gasteiger charge is 2.24. The van der Waals surface area contributed by atoms with Crippen LogP contribution in [-0.2, 0) is 4.79 Å². The Balaban J connectivity index is 2.47. The summed E-state index contributed by atoms with van der Waals surface area (Å²) in [6.45, 7) is 0. The van der Waals surface area contributed by atoms with Gasteiger partial charge in [0, 0.05) is 21.8 Å². The molecule has 2 aromatic carbocycles. The molecule has 2 aromatic rings. The normalized spacial score (nSPS) is 10.7. The van der Waals surface area contributed by atoms with Crippen molar-refractivity contribution in [2.45, 2.75) is 0 Å². The molecule has 0 aliphatic carbocycles. The fraction of sp³-hybridized carbons (Fsp3) is 0. The molecule has 10 nitrogen and oxygen atoms in total. The van der Waals surface area contributed by atoms with Gasteiger partial charge in [-0.05, 0) is 24.3 Å². The van der Waals surface area contributed by atoms with Crippen LogP contribution in [-0.4, -0.2) is 20.9 Å². The maximum absolute atomic E-state index is 12.2. The minimum Gasteiger partial charge on any atom is -0.502 e. The Bertz CT molecular complexity index is 1030. The molecule has 11 heteroatoms. The number of nitriles is 1. The number of hydrogen-bond donors (Lipinski definition) is 2. The number of nitro benzene ring substituents is 2. The number of benzene rings is 2. The molecule has 2 N–H and O–H groups in total. The van der Waals surface area contributed by atoms with Crippen LogP contribution in [0.4, 0.5) is 17.1 Å². The van der Waals surface area contributed by atoms with E-state index in [9.17, 15) is 35.4 Å². The van der Waals surface area contributed by atoms with E-state index in [2.05, 4.69) is 21.2 Å². The Kier molecular flexibility index (Phi) is 5.84. The van der Waals surface area contributed by atoms with Crippen molar-refractivity contribution in [2.75, 3.05) is 5.32 Å². The van der Waals surface area contributed by atoms with Crippen LogP contribution < -0.4 is 5.32 Å². The maximum atomic E-state index is 12.2. The molecule has 0 fully saturated rings. The van der Waals surface area contributed by atoms with Gasteiger partial charge in [0.2, 0.25) is 5.75 Å². The minimum absolute atomic E-state index is 0.366. The smallest absolute Gasteiger partial charge is 0.318 e. The van der Waals surface area contributed by atoms with Gasteiger partial charge in [-0.1, -0.05) is 22.0 Å². The van der Waals surface area contributed by atoms with E-state index >= 15 is 0 Å². The number of phenols is 1. The lowest BCUT2D eigenvalue weighted by molar-refractivity contribution is -0.394. The van der Waals surface area contributed by atoms with Gasteiger partial charge < -0.3 is 10.4 Å². The number of hydrogen-bond acceptors (Lipinski definition) is 7. The van der Waals surface area contributed by atoms with Crippen molar-refractivity contribution in [1.29, 1.82) is 5.26 Å². The van der Waals surface area contributed by atoms with Crippen molar-refractivity contribution < 1.29 is 19.7 Å². The summed E-state index contributed by atoms with van der Waals surface area (Å²) in [6, 6.07) is 9.50. The third-order valence-electron chi connectivity index (χ3n) is 3.26. The summed E-state index contributed by atoms with van der Waals surface area (Å²) in [6.07, 6.45) is 0.836. The molecule has 0 aromatic heterocycles. The quantitative estimate of drug-likeness (QED) is 0.316. The number of halogens is 1. The Morgan fingerprint density at radius 3 is 2.48 bits per heavy atom. The number of non-ortho nitro benzene ring substituents is 1. The standard InChI is InChI=1S/C16H9BrN4O6/c17-11-2-1-3-12(6-11)19-16(23)10(8-18)4-9-5-13(20(24)25)7-14(15(9)22)21(26)27/h1-7,22H,(H,19,23)/b10-4-. The molecule has 0 saturated carbocycles. The van der Waals surface area contributed by atoms with E-state index in [0.29, 0.717) is 16.2 Å². The Hall–Kier alpha value is -3.78. The second-order valence-corrected chi connectivity index (χ2v) is 5.97. The van der Waals surface area contributed by atoms with E-state index < -0.39 is 44.0 Å². The first-order chi connectivity index (χ1) is 12.7. The average molecular weight is 433 g/mol. The zero-order chi connectivity index (χ0) is 20.1. The fourth-order valence-corrected chi connectivity index (χ4v) is 2.45. The highest BCUT2D eigenvalue weighted by atomic mass is 79.9. The van der Waals surface area contributed by atoms with Crippen LogP contribution in [0.2, 0.25) is 0 Å². The first-order valence-electron chi connectivity index (χ1n) is 7.07. The van der Waals surface area contributed by atoms with Gasteiger partial charge in [0.05, 0.1) is 15.9 Å². The number of nitrogens with zero attached hydrogens (tertiary/aromatic N) is 3. The van der Waals surface area contributed by atoms with Crippen molar-refractivity contribution in [2.24, 2.45) is 0 Å². The SMILES string of the molecule is N#C/C(=C/c1cc([N+](=O)[O-])cc([N+](=O)[O-])c1O)C(=O)Nc1cccc(Br)c1. The summed E-state index contributed by atoms with van der Waals surface area (Å²) in [5.74, 6) is -1.75. The minimum atomic E-state index is -1.01. The van der Waals surface area contributed by atoms with Crippen molar-refractivity contribution in [1.82, 2.24) is 0 Å². The summed E-state index contributed by atoms with van der Waals surface area (Å²) in [7, 11) is 0. The molecule has 0 radical (unpaired) electrons. The second kappa shape index (κ2) is 8.07. The number of phenolic OH excluding ortho intramolecular Hbond substituents is 1. The predicted molar refractivity (Wildman–Crippen MR) is 97.8 cm³/mol. The summed E-state index contributed by atoms with van der Waals surface area (Å²) in [5.41, 5.74) is -2.14. The van der Waals surface area contributed by atoms with E-state index in [1.807, 2.05) is 0 Å². The monoisotopic (exact) mass is 432 g/mol. The van der Waals surface area contributed by atoms with Gasteiger partial charge in [0.1, 0.15) is 11.6 Å². The molecule has 0 heterocycles. The van der Waals surface area contributed by atoms with Gasteiger partial charge >= 0.3 is 5.69 Å². The lowest BCUT2D eigenvalue weighted by Crippen LogP contribution is -2.13. The summed E-state index contributed by atoms with van der Waals surface area (Å²) in [5, 5.41) is 43.5. The van der Waals surface area contributed by atoms with E-state index in [4.69, 9.17) is 0 Å². The number of rotatable bonds is 5. The maximum Gasteiger partial charge on any atom is 0.318 e. The van der Waals surface area contributed by atoms with Crippen molar-refractivity contribution in [3.63, 3.8) is 0 Å². The van der Waals surface area contributed by atoms with E-state index in [-0.39, 0.29) is 0 Å². The zero-order valence-corrected chi connectivity index (χ0v) is 14.8. The van der Waals surface area contributed by atoms with Crippen LogP contribution in [0.1, 0.15) is 5.56 Å². The third kappa shape index (κ3) is 4.65. The topological polar surface area (TPSA) is 159 Å². The first-order valence-corrected chi connectivity index (χ1v) is 7.86. The van der Waals surface area contributed by atoms with Gasteiger partial charge in [-0.25, -0.2) is 0 Å². The molecule has 0 spiro atoms. The van der Waals surface area contributed by atoms with Crippen LogP contribution in [0.3, 0.4) is 0 Å². The van der Waals surface area contributed by atoms with Crippen LogP contribution in [0, 0.1) is 31.6 Å². The Morgan fingerprint density at radius 2 is 1.93 bits per heavy atom. The molecule has 0 aliphatic rings. The molecule has 0 bridgehead atoms. The average Bonchev–Trinajstić information content (AvgIpc) is 2.60. The number of anilines is 1. The van der Waals surface area contributed by atoms with Crippen LogP contribution >= 0.6 is 15.9 Å². The lowest BCUT2D eigenvalue weighted by atomic mass is 10.1. The zero-order valence-electron chi connectivity index (χ0n) is 13.2.